The summed E-state index contributed by atoms with van der Waals surface area (Å²) in [7, 11) is 0. The molecule has 1 N–H and O–H groups in total. The minimum Gasteiger partial charge on any atom is -0.387 e. The molecule has 0 aromatic rings. The molecule has 182 valence electrons. The standard InChI is InChI=1S/C25H47NO5/c1-5-7-8-9-10-11-12-13-17-28-19-25-23(30-24(3,4)31-25)22(27)21(29-25)18-26-16-14-15-20(26)6-2/h20-23,27H,5-19H2,1-4H3/t20?,21-,22+,23-,25-/m0/s1. The number of unbranched alkanes of at least 4 members (excludes halogenated alkanes) is 7. The third kappa shape index (κ3) is 6.64. The summed E-state index contributed by atoms with van der Waals surface area (Å²) in [6, 6.07) is 0.587. The van der Waals surface area contributed by atoms with Crippen LogP contribution in [0.5, 0.6) is 0 Å². The van der Waals surface area contributed by atoms with Crippen molar-refractivity contribution in [2.45, 2.75) is 134 Å². The third-order valence-corrected chi connectivity index (χ3v) is 7.14. The van der Waals surface area contributed by atoms with E-state index in [2.05, 4.69) is 18.7 Å². The van der Waals surface area contributed by atoms with Gasteiger partial charge in [-0.05, 0) is 46.1 Å². The first-order chi connectivity index (χ1) is 14.9. The monoisotopic (exact) mass is 441 g/mol. The van der Waals surface area contributed by atoms with E-state index < -0.39 is 23.8 Å². The van der Waals surface area contributed by atoms with Crippen molar-refractivity contribution in [3.8, 4) is 0 Å². The van der Waals surface area contributed by atoms with Crippen LogP contribution < -0.4 is 0 Å². The molecule has 6 nitrogen and oxygen atoms in total. The van der Waals surface area contributed by atoms with Crippen LogP contribution >= 0.6 is 0 Å². The number of hydrogen-bond acceptors (Lipinski definition) is 6. The Kier molecular flexibility index (Phi) is 9.63. The van der Waals surface area contributed by atoms with Gasteiger partial charge in [0.2, 0.25) is 5.79 Å². The Morgan fingerprint density at radius 1 is 1.00 bits per heavy atom. The molecule has 5 atom stereocenters. The summed E-state index contributed by atoms with van der Waals surface area (Å²) in [4.78, 5) is 2.45. The lowest BCUT2D eigenvalue weighted by Gasteiger charge is -2.31. The topological polar surface area (TPSA) is 60.4 Å². The Balaban J connectivity index is 1.44. The van der Waals surface area contributed by atoms with Gasteiger partial charge in [0, 0.05) is 19.2 Å². The number of fused-ring (bicyclic) bond motifs is 1. The van der Waals surface area contributed by atoms with E-state index in [1.54, 1.807) is 0 Å². The largest absolute Gasteiger partial charge is 0.387 e. The first kappa shape index (κ1) is 25.4. The zero-order valence-corrected chi connectivity index (χ0v) is 20.4. The summed E-state index contributed by atoms with van der Waals surface area (Å²) < 4.78 is 24.7. The van der Waals surface area contributed by atoms with Crippen LogP contribution in [0.1, 0.15) is 98.3 Å². The van der Waals surface area contributed by atoms with Crippen molar-refractivity contribution < 1.29 is 24.1 Å². The van der Waals surface area contributed by atoms with Crippen LogP contribution in [0.4, 0.5) is 0 Å². The van der Waals surface area contributed by atoms with Crippen LogP contribution in [-0.2, 0) is 18.9 Å². The van der Waals surface area contributed by atoms with Gasteiger partial charge in [-0.15, -0.1) is 0 Å². The minimum absolute atomic E-state index is 0.306. The molecule has 3 aliphatic heterocycles. The Morgan fingerprint density at radius 2 is 1.71 bits per heavy atom. The highest BCUT2D eigenvalue weighted by Gasteiger charge is 2.65. The van der Waals surface area contributed by atoms with E-state index in [4.69, 9.17) is 18.9 Å². The quantitative estimate of drug-likeness (QED) is 0.397. The van der Waals surface area contributed by atoms with Gasteiger partial charge in [-0.1, -0.05) is 58.8 Å². The molecule has 0 amide bonds. The van der Waals surface area contributed by atoms with E-state index in [-0.39, 0.29) is 6.10 Å². The molecule has 3 saturated heterocycles. The van der Waals surface area contributed by atoms with E-state index in [0.717, 1.165) is 25.9 Å². The second-order valence-electron chi connectivity index (χ2n) is 10.2. The maximum atomic E-state index is 11.0. The van der Waals surface area contributed by atoms with E-state index in [1.807, 2.05) is 13.8 Å². The predicted molar refractivity (Wildman–Crippen MR) is 122 cm³/mol. The average Bonchev–Trinajstić information content (AvgIpc) is 3.35. The van der Waals surface area contributed by atoms with Gasteiger partial charge in [0.1, 0.15) is 24.9 Å². The van der Waals surface area contributed by atoms with E-state index in [0.29, 0.717) is 19.3 Å². The predicted octanol–water partition coefficient (Wildman–Crippen LogP) is 4.63. The number of aliphatic hydroxyl groups excluding tert-OH is 1. The molecule has 0 saturated carbocycles. The van der Waals surface area contributed by atoms with Gasteiger partial charge in [0.25, 0.3) is 0 Å². The Hall–Kier alpha value is -0.240. The SMILES string of the molecule is CCCCCCCCCCOC[C@@]12O[C@@H](CN3CCCC3CC)[C@@H](O)[C@@H]1OC(C)(C)O2. The second-order valence-corrected chi connectivity index (χ2v) is 10.2. The maximum absolute atomic E-state index is 11.0. The van der Waals surface area contributed by atoms with Crippen molar-refractivity contribution >= 4 is 0 Å². The van der Waals surface area contributed by atoms with Crippen molar-refractivity contribution in [1.82, 2.24) is 4.90 Å². The number of aliphatic hydroxyl groups is 1. The molecule has 0 aliphatic carbocycles. The minimum atomic E-state index is -1.00. The van der Waals surface area contributed by atoms with Gasteiger partial charge in [-0.2, -0.15) is 0 Å². The number of nitrogens with zero attached hydrogens (tertiary/aromatic N) is 1. The number of ether oxygens (including phenoxy) is 4. The lowest BCUT2D eigenvalue weighted by Crippen LogP contribution is -2.45. The fourth-order valence-corrected chi connectivity index (χ4v) is 5.51. The lowest BCUT2D eigenvalue weighted by molar-refractivity contribution is -0.279. The molecular formula is C25H47NO5. The molecule has 3 rings (SSSR count). The molecule has 31 heavy (non-hydrogen) atoms. The molecule has 0 aromatic carbocycles. The Morgan fingerprint density at radius 3 is 2.42 bits per heavy atom. The molecule has 0 bridgehead atoms. The first-order valence-corrected chi connectivity index (χ1v) is 13.0. The fraction of sp³-hybridized carbons (Fsp3) is 1.00. The van der Waals surface area contributed by atoms with Crippen molar-refractivity contribution in [3.63, 3.8) is 0 Å². The van der Waals surface area contributed by atoms with Gasteiger partial charge in [0.15, 0.2) is 5.79 Å². The van der Waals surface area contributed by atoms with Crippen LogP contribution in [0.3, 0.4) is 0 Å². The molecular weight excluding hydrogens is 394 g/mol. The van der Waals surface area contributed by atoms with Crippen molar-refractivity contribution in [3.05, 3.63) is 0 Å². The molecule has 3 heterocycles. The third-order valence-electron chi connectivity index (χ3n) is 7.14. The first-order valence-electron chi connectivity index (χ1n) is 13.0. The van der Waals surface area contributed by atoms with Crippen molar-refractivity contribution in [2.24, 2.45) is 0 Å². The van der Waals surface area contributed by atoms with Crippen LogP contribution in [-0.4, -0.2) is 72.2 Å². The van der Waals surface area contributed by atoms with Gasteiger partial charge in [0.05, 0.1) is 0 Å². The molecule has 0 aromatic heterocycles. The summed E-state index contributed by atoms with van der Waals surface area (Å²) in [6.45, 7) is 11.1. The highest BCUT2D eigenvalue weighted by molar-refractivity contribution is 5.04. The van der Waals surface area contributed by atoms with E-state index in [9.17, 15) is 5.11 Å². The van der Waals surface area contributed by atoms with Gasteiger partial charge in [-0.3, -0.25) is 4.90 Å². The van der Waals surface area contributed by atoms with Crippen LogP contribution in [0.2, 0.25) is 0 Å². The van der Waals surface area contributed by atoms with Gasteiger partial charge >= 0.3 is 0 Å². The summed E-state index contributed by atoms with van der Waals surface area (Å²) in [5.74, 6) is -1.78. The maximum Gasteiger partial charge on any atom is 0.224 e. The lowest BCUT2D eigenvalue weighted by atomic mass is 10.0. The summed E-state index contributed by atoms with van der Waals surface area (Å²) in [5, 5.41) is 11.0. The molecule has 3 fully saturated rings. The van der Waals surface area contributed by atoms with Crippen molar-refractivity contribution in [2.75, 3.05) is 26.3 Å². The molecule has 0 radical (unpaired) electrons. The zero-order chi connectivity index (χ0) is 22.3. The van der Waals surface area contributed by atoms with Gasteiger partial charge < -0.3 is 24.1 Å². The van der Waals surface area contributed by atoms with Crippen LogP contribution in [0.25, 0.3) is 0 Å². The fourth-order valence-electron chi connectivity index (χ4n) is 5.51. The number of rotatable bonds is 14. The Labute approximate surface area is 189 Å². The zero-order valence-electron chi connectivity index (χ0n) is 20.4. The number of likely N-dealkylation sites (tertiary alicyclic amines) is 1. The van der Waals surface area contributed by atoms with Crippen molar-refractivity contribution in [1.29, 1.82) is 0 Å². The van der Waals surface area contributed by atoms with Crippen LogP contribution in [0.15, 0.2) is 0 Å². The smallest absolute Gasteiger partial charge is 0.224 e. The van der Waals surface area contributed by atoms with Crippen LogP contribution in [0, 0.1) is 0 Å². The van der Waals surface area contributed by atoms with E-state index in [1.165, 1.54) is 57.8 Å². The number of hydrogen-bond donors (Lipinski definition) is 1. The molecule has 1 unspecified atom stereocenters. The molecule has 0 spiro atoms. The molecule has 6 heteroatoms. The summed E-state index contributed by atoms with van der Waals surface area (Å²) in [6.07, 6.45) is 12.3. The summed E-state index contributed by atoms with van der Waals surface area (Å²) >= 11 is 0. The normalized spacial score (nSPS) is 35.1. The average molecular weight is 442 g/mol. The highest BCUT2D eigenvalue weighted by atomic mass is 16.9. The van der Waals surface area contributed by atoms with Gasteiger partial charge in [-0.25, -0.2) is 0 Å². The highest BCUT2D eigenvalue weighted by Crippen LogP contribution is 2.46. The Bertz CT molecular complexity index is 530. The summed E-state index contributed by atoms with van der Waals surface area (Å²) in [5.41, 5.74) is 0. The second kappa shape index (κ2) is 11.8. The van der Waals surface area contributed by atoms with E-state index >= 15 is 0 Å². The molecule has 3 aliphatic rings.